The Kier molecular flexibility index (Phi) is 9.45. The largest absolute Gasteiger partial charge is 0.469 e. The second-order valence-electron chi connectivity index (χ2n) is 9.16. The van der Waals surface area contributed by atoms with Crippen molar-refractivity contribution >= 4 is 23.8 Å². The van der Waals surface area contributed by atoms with Gasteiger partial charge in [0.25, 0.3) is 5.91 Å². The number of methoxy groups -OCH3 is 1. The molecule has 0 radical (unpaired) electrons. The molecule has 4 rings (SSSR count). The molecule has 0 spiro atoms. The highest BCUT2D eigenvalue weighted by Crippen LogP contribution is 2.22. The summed E-state index contributed by atoms with van der Waals surface area (Å²) in [7, 11) is 1.33. The van der Waals surface area contributed by atoms with E-state index in [9.17, 15) is 9.59 Å². The Morgan fingerprint density at radius 3 is 2.15 bits per heavy atom. The number of rotatable bonds is 11. The number of amides is 1. The van der Waals surface area contributed by atoms with Gasteiger partial charge in [0.15, 0.2) is 0 Å². The summed E-state index contributed by atoms with van der Waals surface area (Å²) in [6.07, 6.45) is 3.93. The van der Waals surface area contributed by atoms with E-state index < -0.39 is 17.9 Å². The Morgan fingerprint density at radius 2 is 1.50 bits per heavy atom. The molecule has 2 atom stereocenters. The summed E-state index contributed by atoms with van der Waals surface area (Å²) in [5.41, 5.74) is 8.35. The topological polar surface area (TPSA) is 115 Å². The van der Waals surface area contributed by atoms with Crippen LogP contribution in [0.2, 0.25) is 0 Å². The number of benzene rings is 4. The second-order valence-corrected chi connectivity index (χ2v) is 9.16. The first-order valence-corrected chi connectivity index (χ1v) is 12.8. The minimum absolute atomic E-state index is 0.0648. The Balaban J connectivity index is 1.59. The normalized spacial score (nSPS) is 12.3. The van der Waals surface area contributed by atoms with Gasteiger partial charge in [0, 0.05) is 11.1 Å². The predicted molar refractivity (Wildman–Crippen MR) is 156 cm³/mol. The molecular weight excluding hydrogens is 502 g/mol. The fourth-order valence-electron chi connectivity index (χ4n) is 4.22. The van der Waals surface area contributed by atoms with Gasteiger partial charge in [-0.1, -0.05) is 78.9 Å². The molecule has 2 unspecified atom stereocenters. The predicted octanol–water partition coefficient (Wildman–Crippen LogP) is 5.61. The Morgan fingerprint density at radius 1 is 0.850 bits per heavy atom. The van der Waals surface area contributed by atoms with Crippen LogP contribution >= 0.6 is 0 Å². The first-order chi connectivity index (χ1) is 19.4. The van der Waals surface area contributed by atoms with Crippen molar-refractivity contribution < 1.29 is 19.1 Å². The van der Waals surface area contributed by atoms with E-state index in [0.29, 0.717) is 22.6 Å². The van der Waals surface area contributed by atoms with E-state index in [2.05, 4.69) is 5.32 Å². The zero-order valence-corrected chi connectivity index (χ0v) is 22.1. The van der Waals surface area contributed by atoms with Crippen molar-refractivity contribution in [3.8, 4) is 11.5 Å². The molecule has 0 aliphatic carbocycles. The molecule has 7 heteroatoms. The lowest BCUT2D eigenvalue weighted by Crippen LogP contribution is -2.43. The number of nitrogen functional groups attached to an aromatic ring is 1. The minimum atomic E-state index is -0.739. The Bertz CT molecular complexity index is 1470. The molecule has 1 amide bonds. The maximum atomic E-state index is 13.4. The monoisotopic (exact) mass is 533 g/mol. The van der Waals surface area contributed by atoms with Gasteiger partial charge in [-0.2, -0.15) is 0 Å². The second kappa shape index (κ2) is 13.6. The molecule has 7 nitrogen and oxygen atoms in total. The third-order valence-electron chi connectivity index (χ3n) is 6.32. The van der Waals surface area contributed by atoms with Crippen LogP contribution < -0.4 is 15.8 Å². The van der Waals surface area contributed by atoms with Crippen LogP contribution in [0.15, 0.2) is 115 Å². The van der Waals surface area contributed by atoms with Crippen LogP contribution in [0.3, 0.4) is 0 Å². The molecule has 0 bridgehead atoms. The molecule has 4 N–H and O–H groups in total. The highest BCUT2D eigenvalue weighted by Gasteiger charge is 2.30. The van der Waals surface area contributed by atoms with Gasteiger partial charge in [-0.15, -0.1) is 0 Å². The van der Waals surface area contributed by atoms with Crippen LogP contribution in [0.5, 0.6) is 11.5 Å². The molecule has 4 aromatic carbocycles. The molecule has 0 heterocycles. The van der Waals surface area contributed by atoms with Crippen LogP contribution in [0.1, 0.15) is 27.0 Å². The fourth-order valence-corrected chi connectivity index (χ4v) is 4.22. The van der Waals surface area contributed by atoms with Crippen LogP contribution in [0, 0.1) is 11.3 Å². The zero-order chi connectivity index (χ0) is 28.3. The molecule has 4 aromatic rings. The van der Waals surface area contributed by atoms with Gasteiger partial charge in [-0.3, -0.25) is 15.0 Å². The summed E-state index contributed by atoms with van der Waals surface area (Å²) in [6.45, 7) is 0. The maximum Gasteiger partial charge on any atom is 0.311 e. The van der Waals surface area contributed by atoms with Crippen LogP contribution in [-0.4, -0.2) is 30.9 Å². The van der Waals surface area contributed by atoms with E-state index >= 15 is 0 Å². The first-order valence-electron chi connectivity index (χ1n) is 12.8. The van der Waals surface area contributed by atoms with Gasteiger partial charge in [0.2, 0.25) is 0 Å². The number of nitrogens with two attached hydrogens (primary N) is 1. The van der Waals surface area contributed by atoms with E-state index in [1.54, 1.807) is 48.5 Å². The number of carbonyl (C=O) groups is 2. The third-order valence-corrected chi connectivity index (χ3v) is 6.32. The molecule has 0 fully saturated rings. The smallest absolute Gasteiger partial charge is 0.311 e. The summed E-state index contributed by atoms with van der Waals surface area (Å²) >= 11 is 0. The molecular formula is C33H31N3O4. The van der Waals surface area contributed by atoms with Crippen LogP contribution in [0.4, 0.5) is 0 Å². The molecule has 0 aromatic heterocycles. The molecule has 0 aliphatic heterocycles. The van der Waals surface area contributed by atoms with Crippen molar-refractivity contribution in [2.75, 3.05) is 7.11 Å². The lowest BCUT2D eigenvalue weighted by molar-refractivity contribution is -0.145. The third kappa shape index (κ3) is 7.68. The van der Waals surface area contributed by atoms with E-state index in [-0.39, 0.29) is 18.2 Å². The quantitative estimate of drug-likeness (QED) is 0.132. The summed E-state index contributed by atoms with van der Waals surface area (Å²) in [6, 6.07) is 32.2. The lowest BCUT2D eigenvalue weighted by atomic mass is 9.90. The summed E-state index contributed by atoms with van der Waals surface area (Å²) in [5.74, 6) is -0.327. The lowest BCUT2D eigenvalue weighted by Gasteiger charge is -2.24. The average molecular weight is 534 g/mol. The van der Waals surface area contributed by atoms with Gasteiger partial charge < -0.3 is 20.5 Å². The van der Waals surface area contributed by atoms with Crippen molar-refractivity contribution in [3.63, 3.8) is 0 Å². The van der Waals surface area contributed by atoms with E-state index in [0.717, 1.165) is 11.1 Å². The van der Waals surface area contributed by atoms with Crippen molar-refractivity contribution in [2.45, 2.75) is 12.5 Å². The number of esters is 1. The minimum Gasteiger partial charge on any atom is -0.469 e. The van der Waals surface area contributed by atoms with E-state index in [4.69, 9.17) is 20.6 Å². The first kappa shape index (κ1) is 27.9. The Hall–Kier alpha value is -5.17. The number of hydrogen-bond acceptors (Lipinski definition) is 5. The van der Waals surface area contributed by atoms with Gasteiger partial charge >= 0.3 is 5.97 Å². The molecule has 40 heavy (non-hydrogen) atoms. The van der Waals surface area contributed by atoms with E-state index in [1.165, 1.54) is 7.11 Å². The van der Waals surface area contributed by atoms with Gasteiger partial charge in [-0.25, -0.2) is 0 Å². The van der Waals surface area contributed by atoms with Crippen LogP contribution in [0.25, 0.3) is 6.08 Å². The highest BCUT2D eigenvalue weighted by molar-refractivity contribution is 5.95. The molecule has 202 valence electrons. The number of ether oxygens (including phenoxy) is 2. The summed E-state index contributed by atoms with van der Waals surface area (Å²) in [5, 5.41) is 10.8. The van der Waals surface area contributed by atoms with Gasteiger partial charge in [-0.05, 0) is 60.0 Å². The van der Waals surface area contributed by atoms with Gasteiger partial charge in [0.1, 0.15) is 17.3 Å². The average Bonchev–Trinajstić information content (AvgIpc) is 2.99. The Labute approximate surface area is 233 Å². The van der Waals surface area contributed by atoms with Crippen molar-refractivity contribution in [2.24, 2.45) is 11.7 Å². The van der Waals surface area contributed by atoms with Crippen LogP contribution in [-0.2, 0) is 16.0 Å². The molecule has 0 saturated carbocycles. The summed E-state index contributed by atoms with van der Waals surface area (Å²) in [4.78, 5) is 26.4. The number of para-hydroxylation sites is 1. The fraction of sp³-hybridized carbons (Fsp3) is 0.121. The van der Waals surface area contributed by atoms with Gasteiger partial charge in [0.05, 0.1) is 19.1 Å². The zero-order valence-electron chi connectivity index (χ0n) is 22.1. The summed E-state index contributed by atoms with van der Waals surface area (Å²) < 4.78 is 11.0. The number of hydrogen-bond donors (Lipinski definition) is 3. The molecule has 0 saturated heterocycles. The number of nitrogens with one attached hydrogen (secondary N) is 2. The number of amidine groups is 1. The highest BCUT2D eigenvalue weighted by atomic mass is 16.5. The molecule has 0 aliphatic rings. The SMILES string of the molecule is COC(=O)C(Cc1cccc(C(=N)N)c1)C(/C=C/c1ccccc1)NC(=O)c1ccc(Oc2ccccc2)cc1. The number of carbonyl (C=O) groups excluding carboxylic acids is 2. The van der Waals surface area contributed by atoms with Crippen molar-refractivity contribution in [3.05, 3.63) is 138 Å². The standard InChI is InChI=1S/C33H31N3O4/c1-39-33(38)29(22-24-11-8-12-26(21-24)31(34)35)30(20-15-23-9-4-2-5-10-23)36-32(37)25-16-18-28(19-17-25)40-27-13-6-3-7-14-27/h2-21,29-30H,22H2,1H3,(H3,34,35)(H,36,37)/b20-15+. The van der Waals surface area contributed by atoms with Crippen molar-refractivity contribution in [1.82, 2.24) is 5.32 Å². The maximum absolute atomic E-state index is 13.4. The van der Waals surface area contributed by atoms with Crippen molar-refractivity contribution in [1.29, 1.82) is 5.41 Å². The van der Waals surface area contributed by atoms with E-state index in [1.807, 2.05) is 72.8 Å².